The van der Waals surface area contributed by atoms with Gasteiger partial charge in [0.15, 0.2) is 0 Å². The van der Waals surface area contributed by atoms with Gasteiger partial charge < -0.3 is 24.6 Å². The van der Waals surface area contributed by atoms with Gasteiger partial charge in [-0.15, -0.1) is 0 Å². The number of aromatic hydroxyl groups is 1. The summed E-state index contributed by atoms with van der Waals surface area (Å²) in [5.41, 5.74) is 6.15. The number of methoxy groups -OCH3 is 2. The van der Waals surface area contributed by atoms with Crippen LogP contribution in [-0.2, 0) is 4.74 Å². The SMILES string of the molecule is COc1ccc(C(NC(=O)OCC2c3ccccc3-c3ccccc32)c2ccc(O)cc2)c(OC)c1. The molecule has 0 aliphatic heterocycles. The van der Waals surface area contributed by atoms with Crippen molar-refractivity contribution >= 4 is 6.09 Å². The third-order valence-corrected chi connectivity index (χ3v) is 6.58. The van der Waals surface area contributed by atoms with Crippen LogP contribution < -0.4 is 14.8 Å². The Morgan fingerprint density at radius 1 is 0.861 bits per heavy atom. The Morgan fingerprint density at radius 2 is 1.50 bits per heavy atom. The normalized spacial score (nSPS) is 12.8. The third kappa shape index (κ3) is 4.45. The fraction of sp³-hybridized carbons (Fsp3) is 0.167. The highest BCUT2D eigenvalue weighted by Gasteiger charge is 2.30. The second-order valence-corrected chi connectivity index (χ2v) is 8.60. The van der Waals surface area contributed by atoms with Crippen LogP contribution in [0.5, 0.6) is 17.2 Å². The summed E-state index contributed by atoms with van der Waals surface area (Å²) in [6.07, 6.45) is -0.548. The van der Waals surface area contributed by atoms with Gasteiger partial charge in [0.25, 0.3) is 0 Å². The quantitative estimate of drug-likeness (QED) is 0.337. The zero-order chi connectivity index (χ0) is 25.1. The van der Waals surface area contributed by atoms with Crippen molar-refractivity contribution in [3.63, 3.8) is 0 Å². The summed E-state index contributed by atoms with van der Waals surface area (Å²) in [5, 5.41) is 12.8. The van der Waals surface area contributed by atoms with E-state index in [1.54, 1.807) is 44.6 Å². The summed E-state index contributed by atoms with van der Waals surface area (Å²) in [7, 11) is 3.15. The van der Waals surface area contributed by atoms with E-state index in [2.05, 4.69) is 29.6 Å². The Kier molecular flexibility index (Phi) is 6.50. The Labute approximate surface area is 210 Å². The van der Waals surface area contributed by atoms with Crippen molar-refractivity contribution in [2.75, 3.05) is 20.8 Å². The molecule has 0 saturated heterocycles. The molecule has 0 heterocycles. The highest BCUT2D eigenvalue weighted by atomic mass is 16.5. The predicted octanol–water partition coefficient (Wildman–Crippen LogP) is 6.04. The highest BCUT2D eigenvalue weighted by molar-refractivity contribution is 5.79. The molecule has 4 aromatic rings. The van der Waals surface area contributed by atoms with Crippen molar-refractivity contribution < 1.29 is 24.1 Å². The van der Waals surface area contributed by atoms with Crippen LogP contribution in [0.2, 0.25) is 0 Å². The van der Waals surface area contributed by atoms with E-state index >= 15 is 0 Å². The first-order chi connectivity index (χ1) is 17.6. The number of phenolic OH excluding ortho intramolecular Hbond substituents is 1. The summed E-state index contributed by atoms with van der Waals surface area (Å²) in [5.74, 6) is 1.30. The number of carbonyl (C=O) groups excluding carboxylic acids is 1. The van der Waals surface area contributed by atoms with Crippen LogP contribution in [0.25, 0.3) is 11.1 Å². The molecular weight excluding hydrogens is 454 g/mol. The van der Waals surface area contributed by atoms with Crippen LogP contribution in [0.1, 0.15) is 34.2 Å². The molecule has 0 saturated carbocycles. The lowest BCUT2D eigenvalue weighted by molar-refractivity contribution is 0.140. The number of phenols is 1. The Bertz CT molecular complexity index is 1340. The standard InChI is InChI=1S/C30H27NO5/c1-34-21-15-16-26(28(17-21)35-2)29(19-11-13-20(32)14-12-19)31-30(33)36-18-27-24-9-5-3-7-22(24)23-8-4-6-10-25(23)27/h3-17,27,29,32H,18H2,1-2H3,(H,31,33). The van der Waals surface area contributed by atoms with Gasteiger partial charge in [0.05, 0.1) is 20.3 Å². The van der Waals surface area contributed by atoms with E-state index in [9.17, 15) is 9.90 Å². The van der Waals surface area contributed by atoms with Gasteiger partial charge in [0, 0.05) is 17.5 Å². The zero-order valence-corrected chi connectivity index (χ0v) is 20.1. The summed E-state index contributed by atoms with van der Waals surface area (Å²) in [6.45, 7) is 0.210. The topological polar surface area (TPSA) is 77.0 Å². The zero-order valence-electron chi connectivity index (χ0n) is 20.1. The number of nitrogens with one attached hydrogen (secondary N) is 1. The maximum Gasteiger partial charge on any atom is 0.407 e. The van der Waals surface area contributed by atoms with Crippen LogP contribution in [0.3, 0.4) is 0 Å². The average Bonchev–Trinajstić information content (AvgIpc) is 3.24. The molecule has 0 spiro atoms. The smallest absolute Gasteiger partial charge is 0.407 e. The summed E-state index contributed by atoms with van der Waals surface area (Å²) < 4.78 is 16.7. The maximum absolute atomic E-state index is 13.1. The van der Waals surface area contributed by atoms with E-state index in [1.807, 2.05) is 36.4 Å². The number of benzene rings is 4. The molecule has 5 rings (SSSR count). The lowest BCUT2D eigenvalue weighted by Gasteiger charge is -2.23. The minimum atomic E-state index is -0.567. The van der Waals surface area contributed by atoms with Gasteiger partial charge in [0.1, 0.15) is 23.9 Å². The second kappa shape index (κ2) is 10.0. The van der Waals surface area contributed by atoms with Crippen LogP contribution in [-0.4, -0.2) is 32.0 Å². The number of amides is 1. The van der Waals surface area contributed by atoms with Gasteiger partial charge in [-0.3, -0.25) is 0 Å². The first-order valence-electron chi connectivity index (χ1n) is 11.7. The maximum atomic E-state index is 13.1. The van der Waals surface area contributed by atoms with Gasteiger partial charge in [-0.2, -0.15) is 0 Å². The van der Waals surface area contributed by atoms with E-state index in [0.29, 0.717) is 11.5 Å². The fourth-order valence-corrected chi connectivity index (χ4v) is 4.82. The Balaban J connectivity index is 1.39. The van der Waals surface area contributed by atoms with Crippen molar-refractivity contribution in [3.8, 4) is 28.4 Å². The van der Waals surface area contributed by atoms with E-state index in [4.69, 9.17) is 14.2 Å². The first-order valence-corrected chi connectivity index (χ1v) is 11.7. The van der Waals surface area contributed by atoms with Gasteiger partial charge in [-0.1, -0.05) is 60.7 Å². The van der Waals surface area contributed by atoms with Gasteiger partial charge >= 0.3 is 6.09 Å². The molecule has 182 valence electrons. The predicted molar refractivity (Wildman–Crippen MR) is 138 cm³/mol. The lowest BCUT2D eigenvalue weighted by atomic mass is 9.97. The van der Waals surface area contributed by atoms with Crippen molar-refractivity contribution in [3.05, 3.63) is 113 Å². The number of carbonyl (C=O) groups is 1. The van der Waals surface area contributed by atoms with Crippen molar-refractivity contribution in [2.45, 2.75) is 12.0 Å². The van der Waals surface area contributed by atoms with Gasteiger partial charge in [0.2, 0.25) is 0 Å². The van der Waals surface area contributed by atoms with E-state index in [1.165, 1.54) is 11.1 Å². The molecular formula is C30H27NO5. The molecule has 2 N–H and O–H groups in total. The number of alkyl carbamates (subject to hydrolysis) is 1. The lowest BCUT2D eigenvalue weighted by Crippen LogP contribution is -2.31. The number of hydrogen-bond acceptors (Lipinski definition) is 5. The molecule has 6 nitrogen and oxygen atoms in total. The minimum Gasteiger partial charge on any atom is -0.508 e. The molecule has 6 heteroatoms. The Morgan fingerprint density at radius 3 is 2.11 bits per heavy atom. The number of fused-ring (bicyclic) bond motifs is 3. The Hall–Kier alpha value is -4.45. The minimum absolute atomic E-state index is 0.0363. The number of hydrogen-bond donors (Lipinski definition) is 2. The summed E-state index contributed by atoms with van der Waals surface area (Å²) in [6, 6.07) is 28.0. The molecule has 1 amide bonds. The second-order valence-electron chi connectivity index (χ2n) is 8.60. The largest absolute Gasteiger partial charge is 0.508 e. The van der Waals surface area contributed by atoms with Crippen LogP contribution in [0.4, 0.5) is 4.79 Å². The van der Waals surface area contributed by atoms with Crippen LogP contribution in [0, 0.1) is 0 Å². The fourth-order valence-electron chi connectivity index (χ4n) is 4.82. The van der Waals surface area contributed by atoms with Crippen LogP contribution in [0.15, 0.2) is 91.0 Å². The molecule has 0 bridgehead atoms. The molecule has 0 radical (unpaired) electrons. The molecule has 1 aliphatic rings. The van der Waals surface area contributed by atoms with E-state index in [0.717, 1.165) is 22.3 Å². The van der Waals surface area contributed by atoms with E-state index in [-0.39, 0.29) is 18.3 Å². The third-order valence-electron chi connectivity index (χ3n) is 6.58. The molecule has 0 fully saturated rings. The summed E-state index contributed by atoms with van der Waals surface area (Å²) in [4.78, 5) is 13.1. The van der Waals surface area contributed by atoms with Gasteiger partial charge in [-0.25, -0.2) is 4.79 Å². The molecule has 1 unspecified atom stereocenters. The van der Waals surface area contributed by atoms with Gasteiger partial charge in [-0.05, 0) is 52.1 Å². The van der Waals surface area contributed by atoms with Crippen molar-refractivity contribution in [1.82, 2.24) is 5.32 Å². The molecule has 4 aromatic carbocycles. The average molecular weight is 482 g/mol. The number of rotatable bonds is 7. The van der Waals surface area contributed by atoms with Crippen molar-refractivity contribution in [1.29, 1.82) is 0 Å². The molecule has 1 aliphatic carbocycles. The van der Waals surface area contributed by atoms with E-state index < -0.39 is 12.1 Å². The monoisotopic (exact) mass is 481 g/mol. The van der Waals surface area contributed by atoms with Crippen molar-refractivity contribution in [2.24, 2.45) is 0 Å². The van der Waals surface area contributed by atoms with Crippen LogP contribution >= 0.6 is 0 Å². The molecule has 0 aromatic heterocycles. The first kappa shape index (κ1) is 23.3. The summed E-state index contributed by atoms with van der Waals surface area (Å²) >= 11 is 0. The number of ether oxygens (including phenoxy) is 3. The molecule has 1 atom stereocenters. The molecule has 36 heavy (non-hydrogen) atoms. The highest BCUT2D eigenvalue weighted by Crippen LogP contribution is 2.44.